The number of rotatable bonds is 4. The SMILES string of the molecule is CC(=O)N1CCN(C(=O)c2ccccc2Cn2cccn2)C[C@@H]1C(=O)N(C)C. The zero-order chi connectivity index (χ0) is 20.3. The van der Waals surface area contributed by atoms with Gasteiger partial charge in [0.15, 0.2) is 0 Å². The van der Waals surface area contributed by atoms with E-state index in [0.29, 0.717) is 25.2 Å². The fraction of sp³-hybridized carbons (Fsp3) is 0.400. The number of carbonyl (C=O) groups is 3. The minimum absolute atomic E-state index is 0.137. The molecule has 0 bridgehead atoms. The van der Waals surface area contributed by atoms with Crippen molar-refractivity contribution in [3.05, 3.63) is 53.9 Å². The Labute approximate surface area is 164 Å². The Morgan fingerprint density at radius 2 is 1.89 bits per heavy atom. The maximum Gasteiger partial charge on any atom is 0.254 e. The molecule has 0 N–H and O–H groups in total. The van der Waals surface area contributed by atoms with E-state index >= 15 is 0 Å². The van der Waals surface area contributed by atoms with Crippen LogP contribution in [0.4, 0.5) is 0 Å². The van der Waals surface area contributed by atoms with Crippen molar-refractivity contribution in [2.45, 2.75) is 19.5 Å². The molecule has 8 heteroatoms. The summed E-state index contributed by atoms with van der Waals surface area (Å²) in [5, 5.41) is 4.21. The third-order valence-electron chi connectivity index (χ3n) is 4.94. The molecule has 1 aromatic heterocycles. The zero-order valence-corrected chi connectivity index (χ0v) is 16.4. The summed E-state index contributed by atoms with van der Waals surface area (Å²) in [4.78, 5) is 42.4. The molecule has 1 fully saturated rings. The van der Waals surface area contributed by atoms with Gasteiger partial charge in [-0.1, -0.05) is 18.2 Å². The molecule has 0 radical (unpaired) electrons. The van der Waals surface area contributed by atoms with Crippen LogP contribution < -0.4 is 0 Å². The van der Waals surface area contributed by atoms with Crippen LogP contribution in [0.3, 0.4) is 0 Å². The van der Waals surface area contributed by atoms with Gasteiger partial charge in [-0.15, -0.1) is 0 Å². The topological polar surface area (TPSA) is 78.8 Å². The summed E-state index contributed by atoms with van der Waals surface area (Å²) in [6.07, 6.45) is 3.54. The molecule has 0 saturated carbocycles. The molecule has 1 aliphatic rings. The largest absolute Gasteiger partial charge is 0.347 e. The summed E-state index contributed by atoms with van der Waals surface area (Å²) < 4.78 is 1.76. The molecular formula is C20H25N5O3. The summed E-state index contributed by atoms with van der Waals surface area (Å²) in [5.74, 6) is -0.480. The van der Waals surface area contributed by atoms with Crippen molar-refractivity contribution in [3.8, 4) is 0 Å². The number of aromatic nitrogens is 2. The highest BCUT2D eigenvalue weighted by atomic mass is 16.2. The Morgan fingerprint density at radius 3 is 2.54 bits per heavy atom. The second-order valence-electron chi connectivity index (χ2n) is 7.07. The summed E-state index contributed by atoms with van der Waals surface area (Å²) in [7, 11) is 3.31. The van der Waals surface area contributed by atoms with E-state index in [0.717, 1.165) is 5.56 Å². The van der Waals surface area contributed by atoms with Gasteiger partial charge < -0.3 is 14.7 Å². The molecular weight excluding hydrogens is 358 g/mol. The van der Waals surface area contributed by atoms with Gasteiger partial charge in [0.05, 0.1) is 13.1 Å². The maximum absolute atomic E-state index is 13.2. The second kappa shape index (κ2) is 8.24. The van der Waals surface area contributed by atoms with E-state index in [1.807, 2.05) is 30.5 Å². The minimum Gasteiger partial charge on any atom is -0.347 e. The summed E-state index contributed by atoms with van der Waals surface area (Å²) in [6, 6.07) is 8.59. The average Bonchev–Trinajstić information content (AvgIpc) is 3.19. The molecule has 1 saturated heterocycles. The van der Waals surface area contributed by atoms with Crippen molar-refractivity contribution in [2.75, 3.05) is 33.7 Å². The highest BCUT2D eigenvalue weighted by Gasteiger charge is 2.37. The van der Waals surface area contributed by atoms with Crippen LogP contribution in [-0.4, -0.2) is 82.0 Å². The van der Waals surface area contributed by atoms with Crippen LogP contribution in [0, 0.1) is 0 Å². The molecule has 28 heavy (non-hydrogen) atoms. The summed E-state index contributed by atoms with van der Waals surface area (Å²) in [5.41, 5.74) is 1.45. The molecule has 8 nitrogen and oxygen atoms in total. The van der Waals surface area contributed by atoms with Crippen molar-refractivity contribution < 1.29 is 14.4 Å². The lowest BCUT2D eigenvalue weighted by Crippen LogP contribution is -2.61. The van der Waals surface area contributed by atoms with Gasteiger partial charge in [-0.25, -0.2) is 0 Å². The Balaban J connectivity index is 1.83. The van der Waals surface area contributed by atoms with Crippen molar-refractivity contribution in [3.63, 3.8) is 0 Å². The molecule has 0 spiro atoms. The number of piperazine rings is 1. The number of amides is 3. The monoisotopic (exact) mass is 383 g/mol. The molecule has 0 unspecified atom stereocenters. The molecule has 1 aromatic carbocycles. The third kappa shape index (κ3) is 4.05. The number of hydrogen-bond acceptors (Lipinski definition) is 4. The molecule has 3 rings (SSSR count). The van der Waals surface area contributed by atoms with Gasteiger partial charge in [0.25, 0.3) is 5.91 Å². The van der Waals surface area contributed by atoms with Crippen molar-refractivity contribution >= 4 is 17.7 Å². The van der Waals surface area contributed by atoms with Crippen LogP contribution in [0.2, 0.25) is 0 Å². The van der Waals surface area contributed by atoms with Crippen molar-refractivity contribution in [2.24, 2.45) is 0 Å². The second-order valence-corrected chi connectivity index (χ2v) is 7.07. The Morgan fingerprint density at radius 1 is 1.14 bits per heavy atom. The Hall–Kier alpha value is -3.16. The first kappa shape index (κ1) is 19.6. The molecule has 1 atom stereocenters. The van der Waals surface area contributed by atoms with E-state index in [1.54, 1.807) is 40.8 Å². The highest BCUT2D eigenvalue weighted by Crippen LogP contribution is 2.18. The molecule has 1 aliphatic heterocycles. The maximum atomic E-state index is 13.2. The van der Waals surface area contributed by atoms with Crippen LogP contribution in [0.15, 0.2) is 42.7 Å². The fourth-order valence-corrected chi connectivity index (χ4v) is 3.46. The number of likely N-dealkylation sites (N-methyl/N-ethyl adjacent to an activating group) is 1. The van der Waals surface area contributed by atoms with Gasteiger partial charge in [0, 0.05) is 52.1 Å². The highest BCUT2D eigenvalue weighted by molar-refractivity contribution is 5.97. The lowest BCUT2D eigenvalue weighted by molar-refractivity contribution is -0.146. The minimum atomic E-state index is -0.663. The van der Waals surface area contributed by atoms with Crippen LogP contribution in [-0.2, 0) is 16.1 Å². The molecule has 2 aromatic rings. The van der Waals surface area contributed by atoms with Gasteiger partial charge in [0.1, 0.15) is 6.04 Å². The number of nitrogens with zero attached hydrogens (tertiary/aromatic N) is 5. The summed E-state index contributed by atoms with van der Waals surface area (Å²) in [6.45, 7) is 2.86. The molecule has 3 amide bonds. The standard InChI is InChI=1S/C20H25N5O3/c1-15(26)25-12-11-23(14-18(25)20(28)22(2)3)19(27)17-8-5-4-7-16(17)13-24-10-6-9-21-24/h4-10,18H,11-14H2,1-3H3/t18-/m1/s1. The smallest absolute Gasteiger partial charge is 0.254 e. The van der Waals surface area contributed by atoms with Crippen molar-refractivity contribution in [1.29, 1.82) is 0 Å². The molecule has 0 aliphatic carbocycles. The first-order valence-electron chi connectivity index (χ1n) is 9.21. The first-order chi connectivity index (χ1) is 13.4. The van der Waals surface area contributed by atoms with Gasteiger partial charge >= 0.3 is 0 Å². The van der Waals surface area contributed by atoms with E-state index in [2.05, 4.69) is 5.10 Å². The lowest BCUT2D eigenvalue weighted by Gasteiger charge is -2.41. The number of carbonyl (C=O) groups excluding carboxylic acids is 3. The van der Waals surface area contributed by atoms with E-state index < -0.39 is 6.04 Å². The van der Waals surface area contributed by atoms with E-state index in [4.69, 9.17) is 0 Å². The van der Waals surface area contributed by atoms with E-state index in [1.165, 1.54) is 11.8 Å². The number of benzene rings is 1. The predicted octanol–water partition coefficient (Wildman–Crippen LogP) is 0.693. The van der Waals surface area contributed by atoms with Crippen LogP contribution in [0.1, 0.15) is 22.8 Å². The summed E-state index contributed by atoms with van der Waals surface area (Å²) >= 11 is 0. The predicted molar refractivity (Wildman–Crippen MR) is 104 cm³/mol. The third-order valence-corrected chi connectivity index (χ3v) is 4.94. The van der Waals surface area contributed by atoms with E-state index in [9.17, 15) is 14.4 Å². The normalized spacial score (nSPS) is 16.8. The average molecular weight is 383 g/mol. The van der Waals surface area contributed by atoms with Gasteiger partial charge in [-0.05, 0) is 17.7 Å². The molecule has 2 heterocycles. The molecule has 148 valence electrons. The van der Waals surface area contributed by atoms with Gasteiger partial charge in [0.2, 0.25) is 11.8 Å². The van der Waals surface area contributed by atoms with E-state index in [-0.39, 0.29) is 24.3 Å². The lowest BCUT2D eigenvalue weighted by atomic mass is 10.0. The van der Waals surface area contributed by atoms with Crippen LogP contribution >= 0.6 is 0 Å². The first-order valence-corrected chi connectivity index (χ1v) is 9.21. The van der Waals surface area contributed by atoms with Gasteiger partial charge in [-0.2, -0.15) is 5.10 Å². The Bertz CT molecular complexity index is 862. The van der Waals surface area contributed by atoms with Crippen molar-refractivity contribution in [1.82, 2.24) is 24.5 Å². The van der Waals surface area contributed by atoms with Gasteiger partial charge in [-0.3, -0.25) is 19.1 Å². The zero-order valence-electron chi connectivity index (χ0n) is 16.4. The van der Waals surface area contributed by atoms with Crippen LogP contribution in [0.25, 0.3) is 0 Å². The number of hydrogen-bond donors (Lipinski definition) is 0. The van der Waals surface area contributed by atoms with Crippen LogP contribution in [0.5, 0.6) is 0 Å². The quantitative estimate of drug-likeness (QED) is 0.778. The Kier molecular flexibility index (Phi) is 5.77. The fourth-order valence-electron chi connectivity index (χ4n) is 3.46.